The van der Waals surface area contributed by atoms with Crippen molar-refractivity contribution in [2.45, 2.75) is 26.2 Å². The molecule has 1 saturated carbocycles. The first-order valence-corrected chi connectivity index (χ1v) is 4.94. The minimum Gasteiger partial charge on any atom is -0.476 e. The van der Waals surface area contributed by atoms with E-state index in [9.17, 15) is 4.79 Å². The van der Waals surface area contributed by atoms with Gasteiger partial charge in [0.1, 0.15) is 0 Å². The molecule has 1 aliphatic rings. The van der Waals surface area contributed by atoms with Gasteiger partial charge in [0.25, 0.3) is 0 Å². The number of nitrogens with zero attached hydrogens (tertiary/aromatic N) is 1. The highest BCUT2D eigenvalue weighted by Gasteiger charge is 2.28. The van der Waals surface area contributed by atoms with E-state index in [0.29, 0.717) is 5.92 Å². The van der Waals surface area contributed by atoms with E-state index in [-0.39, 0.29) is 5.69 Å². The number of aromatic amines is 1. The van der Waals surface area contributed by atoms with Crippen molar-refractivity contribution in [3.63, 3.8) is 0 Å². The van der Waals surface area contributed by atoms with Crippen LogP contribution in [-0.2, 0) is 6.42 Å². The molecule has 1 aromatic heterocycles. The lowest BCUT2D eigenvalue weighted by Gasteiger charge is -2.06. The lowest BCUT2D eigenvalue weighted by molar-refractivity contribution is 0.0690. The molecule has 1 atom stereocenters. The van der Waals surface area contributed by atoms with Gasteiger partial charge >= 0.3 is 5.97 Å². The van der Waals surface area contributed by atoms with Crippen LogP contribution in [0.1, 0.15) is 35.9 Å². The van der Waals surface area contributed by atoms with E-state index < -0.39 is 5.97 Å². The molecule has 2 rings (SSSR count). The van der Waals surface area contributed by atoms with Crippen LogP contribution in [-0.4, -0.2) is 21.3 Å². The second kappa shape index (κ2) is 3.44. The van der Waals surface area contributed by atoms with Gasteiger partial charge in [-0.25, -0.2) is 4.79 Å². The predicted molar refractivity (Wildman–Crippen MR) is 51.1 cm³/mol. The summed E-state index contributed by atoms with van der Waals surface area (Å²) >= 11 is 0. The number of aromatic carboxylic acids is 1. The van der Waals surface area contributed by atoms with Crippen molar-refractivity contribution >= 4 is 5.97 Å². The SMILES string of the molecule is CC(Cc1cc(C(=O)O)n[nH]1)C1CC1. The zero-order valence-corrected chi connectivity index (χ0v) is 8.16. The molecule has 76 valence electrons. The molecule has 0 saturated heterocycles. The van der Waals surface area contributed by atoms with Crippen LogP contribution >= 0.6 is 0 Å². The topological polar surface area (TPSA) is 66.0 Å². The summed E-state index contributed by atoms with van der Waals surface area (Å²) in [5.41, 5.74) is 1.05. The third kappa shape index (κ3) is 1.95. The van der Waals surface area contributed by atoms with Gasteiger partial charge in [0.15, 0.2) is 5.69 Å². The molecular weight excluding hydrogens is 180 g/mol. The number of H-pyrrole nitrogens is 1. The first-order chi connectivity index (χ1) is 6.66. The highest BCUT2D eigenvalue weighted by Crippen LogP contribution is 2.37. The molecule has 0 aromatic carbocycles. The standard InChI is InChI=1S/C10H14N2O2/c1-6(7-2-3-7)4-8-5-9(10(13)14)12-11-8/h5-7H,2-4H2,1H3,(H,11,12)(H,13,14). The van der Waals surface area contributed by atoms with Gasteiger partial charge < -0.3 is 5.11 Å². The van der Waals surface area contributed by atoms with E-state index in [1.807, 2.05) is 0 Å². The number of aromatic nitrogens is 2. The lowest BCUT2D eigenvalue weighted by atomic mass is 10.0. The van der Waals surface area contributed by atoms with Crippen molar-refractivity contribution in [3.05, 3.63) is 17.5 Å². The van der Waals surface area contributed by atoms with Crippen LogP contribution in [0.15, 0.2) is 6.07 Å². The smallest absolute Gasteiger partial charge is 0.356 e. The number of nitrogens with one attached hydrogen (secondary N) is 1. The van der Waals surface area contributed by atoms with Crippen LogP contribution in [0.3, 0.4) is 0 Å². The Morgan fingerprint density at radius 3 is 3.00 bits per heavy atom. The minimum absolute atomic E-state index is 0.114. The largest absolute Gasteiger partial charge is 0.476 e. The fourth-order valence-corrected chi connectivity index (χ4v) is 1.75. The third-order valence-corrected chi connectivity index (χ3v) is 2.82. The van der Waals surface area contributed by atoms with Crippen LogP contribution in [0.4, 0.5) is 0 Å². The average Bonchev–Trinajstić information content (AvgIpc) is 2.87. The maximum absolute atomic E-state index is 10.6. The Balaban J connectivity index is 1.98. The molecule has 1 aliphatic carbocycles. The second-order valence-corrected chi connectivity index (χ2v) is 4.10. The molecule has 0 bridgehead atoms. The molecule has 4 heteroatoms. The van der Waals surface area contributed by atoms with Crippen molar-refractivity contribution in [1.82, 2.24) is 10.2 Å². The molecule has 1 aromatic rings. The molecule has 1 fully saturated rings. The molecule has 4 nitrogen and oxygen atoms in total. The number of carboxylic acid groups (broad SMARTS) is 1. The molecule has 0 spiro atoms. The van der Waals surface area contributed by atoms with E-state index in [0.717, 1.165) is 18.0 Å². The Morgan fingerprint density at radius 2 is 2.50 bits per heavy atom. The molecule has 1 unspecified atom stereocenters. The number of carboxylic acids is 1. The monoisotopic (exact) mass is 194 g/mol. The van der Waals surface area contributed by atoms with Crippen molar-refractivity contribution in [2.75, 3.05) is 0 Å². The number of hydrogen-bond donors (Lipinski definition) is 2. The van der Waals surface area contributed by atoms with E-state index in [1.54, 1.807) is 6.07 Å². The molecule has 2 N–H and O–H groups in total. The number of carbonyl (C=O) groups is 1. The Hall–Kier alpha value is -1.32. The van der Waals surface area contributed by atoms with Gasteiger partial charge in [-0.15, -0.1) is 0 Å². The third-order valence-electron chi connectivity index (χ3n) is 2.82. The summed E-state index contributed by atoms with van der Waals surface area (Å²) in [7, 11) is 0. The van der Waals surface area contributed by atoms with Crippen molar-refractivity contribution in [2.24, 2.45) is 11.8 Å². The normalized spacial score (nSPS) is 18.1. The van der Waals surface area contributed by atoms with Gasteiger partial charge in [0.05, 0.1) is 0 Å². The molecule has 1 heterocycles. The fraction of sp³-hybridized carbons (Fsp3) is 0.600. The van der Waals surface area contributed by atoms with Crippen LogP contribution in [0.2, 0.25) is 0 Å². The Bertz CT molecular complexity index is 342. The lowest BCUT2D eigenvalue weighted by Crippen LogP contribution is -2.01. The summed E-state index contributed by atoms with van der Waals surface area (Å²) < 4.78 is 0. The van der Waals surface area contributed by atoms with Gasteiger partial charge in [-0.3, -0.25) is 5.10 Å². The summed E-state index contributed by atoms with van der Waals surface area (Å²) in [6, 6.07) is 1.63. The summed E-state index contributed by atoms with van der Waals surface area (Å²) in [5, 5.41) is 15.2. The van der Waals surface area contributed by atoms with Crippen molar-refractivity contribution in [3.8, 4) is 0 Å². The predicted octanol–water partition coefficient (Wildman–Crippen LogP) is 1.70. The van der Waals surface area contributed by atoms with Crippen molar-refractivity contribution < 1.29 is 9.90 Å². The van der Waals surface area contributed by atoms with E-state index >= 15 is 0 Å². The zero-order valence-electron chi connectivity index (χ0n) is 8.16. The molecule has 0 amide bonds. The quantitative estimate of drug-likeness (QED) is 0.766. The second-order valence-electron chi connectivity index (χ2n) is 4.10. The average molecular weight is 194 g/mol. The summed E-state index contributed by atoms with van der Waals surface area (Å²) in [4.78, 5) is 10.6. The minimum atomic E-state index is -0.966. The molecule has 0 radical (unpaired) electrons. The Kier molecular flexibility index (Phi) is 2.27. The maximum Gasteiger partial charge on any atom is 0.356 e. The highest BCUT2D eigenvalue weighted by atomic mass is 16.4. The van der Waals surface area contributed by atoms with Gasteiger partial charge in [-0.2, -0.15) is 5.10 Å². The zero-order chi connectivity index (χ0) is 10.1. The Labute approximate surface area is 82.3 Å². The fourth-order valence-electron chi connectivity index (χ4n) is 1.75. The first kappa shape index (κ1) is 9.24. The molecule has 0 aliphatic heterocycles. The summed E-state index contributed by atoms with van der Waals surface area (Å²) in [6.07, 6.45) is 3.55. The van der Waals surface area contributed by atoms with Crippen LogP contribution in [0.25, 0.3) is 0 Å². The van der Waals surface area contributed by atoms with Crippen LogP contribution in [0.5, 0.6) is 0 Å². The Morgan fingerprint density at radius 1 is 1.79 bits per heavy atom. The van der Waals surface area contributed by atoms with Gasteiger partial charge in [-0.05, 0) is 37.2 Å². The summed E-state index contributed by atoms with van der Waals surface area (Å²) in [6.45, 7) is 2.21. The number of hydrogen-bond acceptors (Lipinski definition) is 2. The van der Waals surface area contributed by atoms with E-state index in [4.69, 9.17) is 5.11 Å². The van der Waals surface area contributed by atoms with Crippen LogP contribution in [0, 0.1) is 11.8 Å². The van der Waals surface area contributed by atoms with Gasteiger partial charge in [0, 0.05) is 5.69 Å². The first-order valence-electron chi connectivity index (χ1n) is 4.94. The maximum atomic E-state index is 10.6. The van der Waals surface area contributed by atoms with E-state index in [2.05, 4.69) is 17.1 Å². The molecule has 14 heavy (non-hydrogen) atoms. The van der Waals surface area contributed by atoms with Crippen molar-refractivity contribution in [1.29, 1.82) is 0 Å². The molecular formula is C10H14N2O2. The van der Waals surface area contributed by atoms with Gasteiger partial charge in [-0.1, -0.05) is 6.92 Å². The number of rotatable bonds is 4. The van der Waals surface area contributed by atoms with Crippen LogP contribution < -0.4 is 0 Å². The highest BCUT2D eigenvalue weighted by molar-refractivity contribution is 5.85. The van der Waals surface area contributed by atoms with E-state index in [1.165, 1.54) is 12.8 Å². The summed E-state index contributed by atoms with van der Waals surface area (Å²) in [5.74, 6) is 0.509. The van der Waals surface area contributed by atoms with Gasteiger partial charge in [0.2, 0.25) is 0 Å².